The van der Waals surface area contributed by atoms with Crippen molar-refractivity contribution in [1.29, 1.82) is 0 Å². The highest BCUT2D eigenvalue weighted by Crippen LogP contribution is 2.31. The lowest BCUT2D eigenvalue weighted by Gasteiger charge is -2.14. The maximum Gasteiger partial charge on any atom is 0.416 e. The Hall–Kier alpha value is -2.70. The van der Waals surface area contributed by atoms with Gasteiger partial charge in [-0.1, -0.05) is 17.7 Å². The van der Waals surface area contributed by atoms with E-state index in [1.807, 2.05) is 31.2 Å². The van der Waals surface area contributed by atoms with E-state index in [-0.39, 0.29) is 13.2 Å². The molecule has 0 aliphatic carbocycles. The number of hydrogen-bond donors (Lipinski definition) is 0. The Morgan fingerprint density at radius 3 is 2.36 bits per heavy atom. The van der Waals surface area contributed by atoms with E-state index in [1.54, 1.807) is 0 Å². The van der Waals surface area contributed by atoms with Crippen molar-refractivity contribution in [2.24, 2.45) is 0 Å². The summed E-state index contributed by atoms with van der Waals surface area (Å²) in [6.45, 7) is 2.35. The summed E-state index contributed by atoms with van der Waals surface area (Å²) in [7, 11) is 0. The first-order valence-corrected chi connectivity index (χ1v) is 7.68. The van der Waals surface area contributed by atoms with E-state index in [0.29, 0.717) is 11.4 Å². The molecule has 2 aromatic carbocycles. The van der Waals surface area contributed by atoms with E-state index < -0.39 is 23.9 Å². The van der Waals surface area contributed by atoms with E-state index in [1.165, 1.54) is 17.0 Å². The lowest BCUT2D eigenvalue weighted by Crippen LogP contribution is -2.26. The number of alkyl halides is 3. The summed E-state index contributed by atoms with van der Waals surface area (Å²) < 4.78 is 48.6. The van der Waals surface area contributed by atoms with E-state index in [2.05, 4.69) is 0 Å². The van der Waals surface area contributed by atoms with Gasteiger partial charge < -0.3 is 9.47 Å². The molecule has 1 amide bonds. The van der Waals surface area contributed by atoms with Gasteiger partial charge in [-0.3, -0.25) is 4.90 Å². The molecular weight excluding hydrogens is 335 g/mol. The molecule has 1 unspecified atom stereocenters. The van der Waals surface area contributed by atoms with Gasteiger partial charge in [0, 0.05) is 5.69 Å². The van der Waals surface area contributed by atoms with Gasteiger partial charge in [-0.05, 0) is 43.3 Å². The van der Waals surface area contributed by atoms with Crippen molar-refractivity contribution in [2.45, 2.75) is 19.2 Å². The molecule has 0 radical (unpaired) electrons. The van der Waals surface area contributed by atoms with Crippen LogP contribution in [0.1, 0.15) is 11.1 Å². The van der Waals surface area contributed by atoms with Crippen molar-refractivity contribution in [3.63, 3.8) is 0 Å². The molecule has 3 rings (SSSR count). The van der Waals surface area contributed by atoms with Gasteiger partial charge in [0.2, 0.25) is 0 Å². The Morgan fingerprint density at radius 2 is 1.76 bits per heavy atom. The molecule has 132 valence electrons. The summed E-state index contributed by atoms with van der Waals surface area (Å²) in [4.78, 5) is 13.2. The number of hydrogen-bond acceptors (Lipinski definition) is 3. The molecule has 0 N–H and O–H groups in total. The molecule has 1 atom stereocenters. The summed E-state index contributed by atoms with van der Waals surface area (Å²) in [6.07, 6.45) is -5.50. The minimum Gasteiger partial charge on any atom is -0.490 e. The van der Waals surface area contributed by atoms with Gasteiger partial charge in [-0.15, -0.1) is 0 Å². The quantitative estimate of drug-likeness (QED) is 0.819. The highest BCUT2D eigenvalue weighted by molar-refractivity contribution is 5.89. The largest absolute Gasteiger partial charge is 0.490 e. The minimum atomic E-state index is -4.41. The zero-order valence-electron chi connectivity index (χ0n) is 13.4. The Kier molecular flexibility index (Phi) is 4.57. The summed E-state index contributed by atoms with van der Waals surface area (Å²) in [5.74, 6) is 0.662. The van der Waals surface area contributed by atoms with Crippen LogP contribution in [0, 0.1) is 6.92 Å². The maximum absolute atomic E-state index is 12.6. The fourth-order valence-electron chi connectivity index (χ4n) is 2.47. The van der Waals surface area contributed by atoms with Crippen LogP contribution in [0.15, 0.2) is 48.5 Å². The normalized spacial score (nSPS) is 17.5. The molecule has 1 aliphatic rings. The average Bonchev–Trinajstić information content (AvgIpc) is 2.94. The lowest BCUT2D eigenvalue weighted by atomic mass is 10.2. The van der Waals surface area contributed by atoms with Gasteiger partial charge in [0.15, 0.2) is 6.10 Å². The first kappa shape index (κ1) is 17.1. The number of rotatable bonds is 4. The molecule has 7 heteroatoms. The van der Waals surface area contributed by atoms with Crippen LogP contribution in [0.4, 0.5) is 23.7 Å². The van der Waals surface area contributed by atoms with Gasteiger partial charge >= 0.3 is 12.3 Å². The molecule has 2 aromatic rings. The highest BCUT2D eigenvalue weighted by Gasteiger charge is 2.34. The number of amides is 1. The third-order valence-electron chi connectivity index (χ3n) is 3.84. The van der Waals surface area contributed by atoms with Crippen molar-refractivity contribution in [2.75, 3.05) is 18.1 Å². The van der Waals surface area contributed by atoms with Crippen LogP contribution >= 0.6 is 0 Å². The number of cyclic esters (lactones) is 1. The van der Waals surface area contributed by atoms with Gasteiger partial charge in [0.05, 0.1) is 12.1 Å². The molecule has 1 heterocycles. The predicted octanol–water partition coefficient (Wildman–Crippen LogP) is 4.42. The molecule has 4 nitrogen and oxygen atoms in total. The number of ether oxygens (including phenoxy) is 2. The standard InChI is InChI=1S/C18H16F3NO3/c1-12-2-8-15(9-3-12)24-11-16-10-22(17(23)25-16)14-6-4-13(5-7-14)18(19,20)21/h2-9,16H,10-11H2,1H3. The maximum atomic E-state index is 12.6. The second-order valence-electron chi connectivity index (χ2n) is 5.79. The number of anilines is 1. The Balaban J connectivity index is 1.61. The smallest absolute Gasteiger partial charge is 0.416 e. The second kappa shape index (κ2) is 6.66. The van der Waals surface area contributed by atoms with Crippen molar-refractivity contribution < 1.29 is 27.4 Å². The fourth-order valence-corrected chi connectivity index (χ4v) is 2.47. The number of carbonyl (C=O) groups excluding carboxylic acids is 1. The first-order valence-electron chi connectivity index (χ1n) is 7.68. The van der Waals surface area contributed by atoms with Gasteiger partial charge in [-0.25, -0.2) is 4.79 Å². The number of benzene rings is 2. The van der Waals surface area contributed by atoms with Crippen LogP contribution in [0.25, 0.3) is 0 Å². The van der Waals surface area contributed by atoms with Gasteiger partial charge in [0.1, 0.15) is 12.4 Å². The third kappa shape index (κ3) is 4.04. The van der Waals surface area contributed by atoms with Crippen molar-refractivity contribution in [3.05, 3.63) is 59.7 Å². The molecular formula is C18H16F3NO3. The molecule has 1 fully saturated rings. The zero-order chi connectivity index (χ0) is 18.0. The average molecular weight is 351 g/mol. The Morgan fingerprint density at radius 1 is 1.12 bits per heavy atom. The lowest BCUT2D eigenvalue weighted by molar-refractivity contribution is -0.137. The van der Waals surface area contributed by atoms with Crippen LogP contribution in [-0.2, 0) is 10.9 Å². The van der Waals surface area contributed by atoms with Gasteiger partial charge in [-0.2, -0.15) is 13.2 Å². The second-order valence-corrected chi connectivity index (χ2v) is 5.79. The molecule has 0 aromatic heterocycles. The molecule has 1 aliphatic heterocycles. The van der Waals surface area contributed by atoms with E-state index in [9.17, 15) is 18.0 Å². The molecule has 0 bridgehead atoms. The number of carbonyl (C=O) groups is 1. The summed E-state index contributed by atoms with van der Waals surface area (Å²) in [6, 6.07) is 11.9. The van der Waals surface area contributed by atoms with E-state index in [0.717, 1.165) is 17.7 Å². The summed E-state index contributed by atoms with van der Waals surface area (Å²) in [5, 5.41) is 0. The topological polar surface area (TPSA) is 38.8 Å². The minimum absolute atomic E-state index is 0.173. The number of aryl methyl sites for hydroxylation is 1. The van der Waals surface area contributed by atoms with Crippen LogP contribution in [0.5, 0.6) is 5.75 Å². The van der Waals surface area contributed by atoms with Gasteiger partial charge in [0.25, 0.3) is 0 Å². The fraction of sp³-hybridized carbons (Fsp3) is 0.278. The molecule has 1 saturated heterocycles. The first-order chi connectivity index (χ1) is 11.8. The predicted molar refractivity (Wildman–Crippen MR) is 85.7 cm³/mol. The molecule has 25 heavy (non-hydrogen) atoms. The Bertz CT molecular complexity index is 742. The Labute approximate surface area is 142 Å². The monoisotopic (exact) mass is 351 g/mol. The highest BCUT2D eigenvalue weighted by atomic mass is 19.4. The summed E-state index contributed by atoms with van der Waals surface area (Å²) in [5.41, 5.74) is 0.701. The van der Waals surface area contributed by atoms with Crippen LogP contribution in [0.2, 0.25) is 0 Å². The van der Waals surface area contributed by atoms with E-state index >= 15 is 0 Å². The molecule has 0 spiro atoms. The number of nitrogens with zero attached hydrogens (tertiary/aromatic N) is 1. The van der Waals surface area contributed by atoms with Crippen molar-refractivity contribution in [3.8, 4) is 5.75 Å². The third-order valence-corrected chi connectivity index (χ3v) is 3.84. The van der Waals surface area contributed by atoms with Crippen LogP contribution < -0.4 is 9.64 Å². The summed E-state index contributed by atoms with van der Waals surface area (Å²) >= 11 is 0. The van der Waals surface area contributed by atoms with Crippen LogP contribution in [0.3, 0.4) is 0 Å². The van der Waals surface area contributed by atoms with Crippen LogP contribution in [-0.4, -0.2) is 25.3 Å². The number of halogens is 3. The van der Waals surface area contributed by atoms with Crippen molar-refractivity contribution >= 4 is 11.8 Å². The zero-order valence-corrected chi connectivity index (χ0v) is 13.4. The SMILES string of the molecule is Cc1ccc(OCC2CN(c3ccc(C(F)(F)F)cc3)C(=O)O2)cc1. The molecule has 0 saturated carbocycles. The van der Waals surface area contributed by atoms with E-state index in [4.69, 9.17) is 9.47 Å². The van der Waals surface area contributed by atoms with Crippen molar-refractivity contribution in [1.82, 2.24) is 0 Å².